The van der Waals surface area contributed by atoms with E-state index in [4.69, 9.17) is 0 Å². The number of aryl methyl sites for hydroxylation is 3. The number of hydrogen-bond donors (Lipinski definition) is 2. The summed E-state index contributed by atoms with van der Waals surface area (Å²) >= 11 is 1.87. The van der Waals surface area contributed by atoms with Gasteiger partial charge in [0, 0.05) is 32.4 Å². The highest BCUT2D eigenvalue weighted by Crippen LogP contribution is 2.02. The predicted octanol–water partition coefficient (Wildman–Crippen LogP) is 2.43. The molecule has 7 heteroatoms. The van der Waals surface area contributed by atoms with Crippen LogP contribution >= 0.6 is 35.7 Å². The van der Waals surface area contributed by atoms with Crippen LogP contribution < -0.4 is 10.6 Å². The fourth-order valence-electron chi connectivity index (χ4n) is 1.98. The lowest BCUT2D eigenvalue weighted by Crippen LogP contribution is -2.38. The maximum atomic E-state index is 4.46. The van der Waals surface area contributed by atoms with Gasteiger partial charge in [0.05, 0.1) is 5.69 Å². The SMILES string of the molecule is CN=C(NCCCSC)NCCCn1nc(C)cc1C.I. The molecule has 0 amide bonds. The van der Waals surface area contributed by atoms with Crippen LogP contribution in [-0.4, -0.2) is 47.9 Å². The van der Waals surface area contributed by atoms with E-state index >= 15 is 0 Å². The first-order valence-electron chi connectivity index (χ1n) is 7.12. The first kappa shape index (κ1) is 20.6. The highest BCUT2D eigenvalue weighted by atomic mass is 127. The second-order valence-electron chi connectivity index (χ2n) is 4.78. The van der Waals surface area contributed by atoms with E-state index in [0.717, 1.165) is 44.1 Å². The van der Waals surface area contributed by atoms with Crippen LogP contribution in [-0.2, 0) is 6.54 Å². The minimum atomic E-state index is 0. The topological polar surface area (TPSA) is 54.2 Å². The van der Waals surface area contributed by atoms with Crippen molar-refractivity contribution in [3.63, 3.8) is 0 Å². The van der Waals surface area contributed by atoms with E-state index in [-0.39, 0.29) is 24.0 Å². The summed E-state index contributed by atoms with van der Waals surface area (Å²) in [6.45, 7) is 6.94. The molecule has 0 bridgehead atoms. The van der Waals surface area contributed by atoms with Gasteiger partial charge in [0.15, 0.2) is 5.96 Å². The van der Waals surface area contributed by atoms with Crippen LogP contribution in [0, 0.1) is 13.8 Å². The minimum Gasteiger partial charge on any atom is -0.356 e. The number of halogens is 1. The van der Waals surface area contributed by atoms with E-state index in [1.54, 1.807) is 0 Å². The summed E-state index contributed by atoms with van der Waals surface area (Å²) in [7, 11) is 1.81. The monoisotopic (exact) mass is 425 g/mol. The Balaban J connectivity index is 0.00000400. The molecule has 0 aliphatic carbocycles. The molecule has 2 N–H and O–H groups in total. The summed E-state index contributed by atoms with van der Waals surface area (Å²) in [6.07, 6.45) is 4.33. The van der Waals surface area contributed by atoms with Gasteiger partial charge in [-0.3, -0.25) is 9.67 Å². The molecule has 0 saturated heterocycles. The van der Waals surface area contributed by atoms with E-state index in [1.807, 2.05) is 25.7 Å². The lowest BCUT2D eigenvalue weighted by Gasteiger charge is -2.11. The molecule has 0 spiro atoms. The predicted molar refractivity (Wildman–Crippen MR) is 104 cm³/mol. The van der Waals surface area contributed by atoms with E-state index in [0.29, 0.717) is 0 Å². The van der Waals surface area contributed by atoms with Gasteiger partial charge in [-0.25, -0.2) is 0 Å². The first-order valence-corrected chi connectivity index (χ1v) is 8.51. The zero-order valence-electron chi connectivity index (χ0n) is 13.5. The summed E-state index contributed by atoms with van der Waals surface area (Å²) in [6, 6.07) is 2.11. The molecule has 122 valence electrons. The third-order valence-electron chi connectivity index (χ3n) is 2.98. The smallest absolute Gasteiger partial charge is 0.190 e. The normalized spacial score (nSPS) is 11.1. The molecule has 21 heavy (non-hydrogen) atoms. The van der Waals surface area contributed by atoms with E-state index in [2.05, 4.69) is 44.7 Å². The highest BCUT2D eigenvalue weighted by Gasteiger charge is 2.01. The van der Waals surface area contributed by atoms with Gasteiger partial charge in [-0.15, -0.1) is 24.0 Å². The summed E-state index contributed by atoms with van der Waals surface area (Å²) in [5, 5.41) is 11.1. The molecule has 0 saturated carbocycles. The summed E-state index contributed by atoms with van der Waals surface area (Å²) < 4.78 is 2.06. The number of hydrogen-bond acceptors (Lipinski definition) is 3. The van der Waals surface area contributed by atoms with Gasteiger partial charge in [-0.05, 0) is 44.8 Å². The lowest BCUT2D eigenvalue weighted by molar-refractivity contribution is 0.555. The van der Waals surface area contributed by atoms with Gasteiger partial charge in [0.25, 0.3) is 0 Å². The van der Waals surface area contributed by atoms with Crippen molar-refractivity contribution in [2.45, 2.75) is 33.2 Å². The fraction of sp³-hybridized carbons (Fsp3) is 0.714. The van der Waals surface area contributed by atoms with Crippen molar-refractivity contribution in [1.29, 1.82) is 0 Å². The van der Waals surface area contributed by atoms with Crippen LogP contribution in [0.1, 0.15) is 24.2 Å². The lowest BCUT2D eigenvalue weighted by atomic mass is 10.4. The number of guanidine groups is 1. The molecular formula is C14H28IN5S. The quantitative estimate of drug-likeness (QED) is 0.291. The zero-order valence-corrected chi connectivity index (χ0v) is 16.6. The molecule has 1 aromatic rings. The Hall–Kier alpha value is -0.440. The number of rotatable bonds is 8. The van der Waals surface area contributed by atoms with Crippen molar-refractivity contribution in [3.8, 4) is 0 Å². The van der Waals surface area contributed by atoms with Crippen LogP contribution in [0.5, 0.6) is 0 Å². The summed E-state index contributed by atoms with van der Waals surface area (Å²) in [4.78, 5) is 4.22. The maximum Gasteiger partial charge on any atom is 0.190 e. The van der Waals surface area contributed by atoms with E-state index < -0.39 is 0 Å². The molecule has 0 aliphatic heterocycles. The van der Waals surface area contributed by atoms with Crippen molar-refractivity contribution >= 4 is 41.7 Å². The van der Waals surface area contributed by atoms with Gasteiger partial charge in [-0.2, -0.15) is 16.9 Å². The van der Waals surface area contributed by atoms with Gasteiger partial charge in [0.1, 0.15) is 0 Å². The van der Waals surface area contributed by atoms with E-state index in [9.17, 15) is 0 Å². The Morgan fingerprint density at radius 3 is 2.48 bits per heavy atom. The van der Waals surface area contributed by atoms with Crippen molar-refractivity contribution in [2.24, 2.45) is 4.99 Å². The van der Waals surface area contributed by atoms with Gasteiger partial charge in [-0.1, -0.05) is 0 Å². The average molecular weight is 425 g/mol. The third-order valence-corrected chi connectivity index (χ3v) is 3.68. The van der Waals surface area contributed by atoms with Crippen molar-refractivity contribution in [2.75, 3.05) is 32.1 Å². The molecule has 1 heterocycles. The molecule has 0 atom stereocenters. The van der Waals surface area contributed by atoms with Crippen molar-refractivity contribution < 1.29 is 0 Å². The standard InChI is InChI=1S/C14H27N5S.HI/c1-12-11-13(2)19(18-12)9-5-7-16-14(15-3)17-8-6-10-20-4;/h11H,5-10H2,1-4H3,(H2,15,16,17);1H. The van der Waals surface area contributed by atoms with Gasteiger partial charge >= 0.3 is 0 Å². The molecule has 1 aromatic heterocycles. The van der Waals surface area contributed by atoms with Crippen LogP contribution in [0.3, 0.4) is 0 Å². The third kappa shape index (κ3) is 8.55. The Bertz CT molecular complexity index is 419. The Morgan fingerprint density at radius 2 is 1.95 bits per heavy atom. The first-order chi connectivity index (χ1) is 9.67. The molecule has 0 unspecified atom stereocenters. The minimum absolute atomic E-state index is 0. The number of nitrogens with one attached hydrogen (secondary N) is 2. The maximum absolute atomic E-state index is 4.46. The summed E-state index contributed by atoms with van der Waals surface area (Å²) in [5.74, 6) is 2.07. The molecule has 0 aromatic carbocycles. The highest BCUT2D eigenvalue weighted by molar-refractivity contribution is 14.0. The molecular weight excluding hydrogens is 397 g/mol. The molecule has 1 rings (SSSR count). The molecule has 0 aliphatic rings. The van der Waals surface area contributed by atoms with Crippen LogP contribution in [0.4, 0.5) is 0 Å². The largest absolute Gasteiger partial charge is 0.356 e. The average Bonchev–Trinajstić information content (AvgIpc) is 2.75. The Labute approximate surface area is 149 Å². The molecule has 0 fully saturated rings. The van der Waals surface area contributed by atoms with E-state index in [1.165, 1.54) is 11.4 Å². The number of aliphatic imine (C=N–C) groups is 1. The summed E-state index contributed by atoms with van der Waals surface area (Å²) in [5.41, 5.74) is 2.31. The van der Waals surface area contributed by atoms with Crippen LogP contribution in [0.25, 0.3) is 0 Å². The molecule has 5 nitrogen and oxygen atoms in total. The van der Waals surface area contributed by atoms with Crippen LogP contribution in [0.15, 0.2) is 11.1 Å². The van der Waals surface area contributed by atoms with Gasteiger partial charge in [0.2, 0.25) is 0 Å². The second-order valence-corrected chi connectivity index (χ2v) is 5.76. The number of nitrogens with zero attached hydrogens (tertiary/aromatic N) is 3. The van der Waals surface area contributed by atoms with Crippen molar-refractivity contribution in [1.82, 2.24) is 20.4 Å². The number of aromatic nitrogens is 2. The Kier molecular flexibility index (Phi) is 11.9. The zero-order chi connectivity index (χ0) is 14.8. The second kappa shape index (κ2) is 12.1. The number of thioether (sulfide) groups is 1. The molecule has 0 radical (unpaired) electrons. The van der Waals surface area contributed by atoms with Gasteiger partial charge < -0.3 is 10.6 Å². The van der Waals surface area contributed by atoms with Crippen LogP contribution in [0.2, 0.25) is 0 Å². The van der Waals surface area contributed by atoms with Crippen molar-refractivity contribution in [3.05, 3.63) is 17.5 Å². The Morgan fingerprint density at radius 1 is 1.29 bits per heavy atom. The fourth-order valence-corrected chi connectivity index (χ4v) is 2.41.